The molecule has 0 aromatic carbocycles. The van der Waals surface area contributed by atoms with Crippen LogP contribution in [0.15, 0.2) is 0 Å². The van der Waals surface area contributed by atoms with E-state index in [1.807, 2.05) is 13.8 Å². The zero-order valence-electron chi connectivity index (χ0n) is 9.52. The fourth-order valence-electron chi connectivity index (χ4n) is 2.12. The van der Waals surface area contributed by atoms with Gasteiger partial charge in [0.25, 0.3) is 0 Å². The van der Waals surface area contributed by atoms with E-state index < -0.39 is 5.97 Å². The molecule has 1 heterocycles. The fraction of sp³-hybridized carbons (Fsp3) is 0.909. The van der Waals surface area contributed by atoms with E-state index in [0.29, 0.717) is 19.4 Å². The molecule has 1 fully saturated rings. The maximum atomic E-state index is 10.8. The van der Waals surface area contributed by atoms with Crippen LogP contribution in [-0.2, 0) is 4.79 Å². The minimum Gasteiger partial charge on any atom is -0.481 e. The molecular formula is C11H21NO3. The summed E-state index contributed by atoms with van der Waals surface area (Å²) in [6.45, 7) is 5.45. The molecule has 0 aromatic heterocycles. The van der Waals surface area contributed by atoms with Crippen LogP contribution < -0.4 is 0 Å². The normalized spacial score (nSPS) is 30.1. The minimum absolute atomic E-state index is 0.199. The number of likely N-dealkylation sites (tertiary alicyclic amines) is 1. The maximum absolute atomic E-state index is 10.8. The van der Waals surface area contributed by atoms with Gasteiger partial charge in [0, 0.05) is 12.6 Å². The summed E-state index contributed by atoms with van der Waals surface area (Å²) in [4.78, 5) is 13.0. The molecule has 4 nitrogen and oxygen atoms in total. The van der Waals surface area contributed by atoms with Gasteiger partial charge in [-0.2, -0.15) is 0 Å². The van der Waals surface area contributed by atoms with E-state index in [4.69, 9.17) is 5.11 Å². The van der Waals surface area contributed by atoms with E-state index in [1.54, 1.807) is 0 Å². The molecule has 1 aliphatic rings. The molecule has 4 heteroatoms. The monoisotopic (exact) mass is 215 g/mol. The van der Waals surface area contributed by atoms with Crippen molar-refractivity contribution in [2.45, 2.75) is 45.3 Å². The molecule has 0 bridgehead atoms. The predicted molar refractivity (Wildman–Crippen MR) is 57.7 cm³/mol. The predicted octanol–water partition coefficient (Wildman–Crippen LogP) is 0.942. The van der Waals surface area contributed by atoms with Crippen molar-refractivity contribution in [1.82, 2.24) is 4.90 Å². The highest BCUT2D eigenvalue weighted by Crippen LogP contribution is 2.23. The number of carbonyl (C=O) groups is 1. The number of carboxylic acid groups (broad SMARTS) is 1. The van der Waals surface area contributed by atoms with Crippen LogP contribution in [0.3, 0.4) is 0 Å². The van der Waals surface area contributed by atoms with E-state index in [9.17, 15) is 9.90 Å². The number of piperidine rings is 1. The van der Waals surface area contributed by atoms with Crippen LogP contribution in [0.5, 0.6) is 0 Å². The third-order valence-electron chi connectivity index (χ3n) is 3.28. The first-order chi connectivity index (χ1) is 7.04. The van der Waals surface area contributed by atoms with E-state index in [-0.39, 0.29) is 18.1 Å². The Morgan fingerprint density at radius 1 is 1.60 bits per heavy atom. The molecule has 3 unspecified atom stereocenters. The summed E-state index contributed by atoms with van der Waals surface area (Å²) in [5, 5.41) is 18.4. The molecule has 15 heavy (non-hydrogen) atoms. The van der Waals surface area contributed by atoms with Crippen molar-refractivity contribution in [3.63, 3.8) is 0 Å². The van der Waals surface area contributed by atoms with Crippen LogP contribution in [0, 0.1) is 5.92 Å². The molecule has 2 N–H and O–H groups in total. The molecule has 0 spiro atoms. The van der Waals surface area contributed by atoms with Gasteiger partial charge in [0.1, 0.15) is 0 Å². The Morgan fingerprint density at radius 3 is 2.73 bits per heavy atom. The van der Waals surface area contributed by atoms with Gasteiger partial charge in [0.2, 0.25) is 0 Å². The molecule has 88 valence electrons. The first-order valence-electron chi connectivity index (χ1n) is 5.69. The first kappa shape index (κ1) is 12.5. The second kappa shape index (κ2) is 5.47. The van der Waals surface area contributed by atoms with Gasteiger partial charge in [-0.1, -0.05) is 6.92 Å². The van der Waals surface area contributed by atoms with Crippen LogP contribution in [0.2, 0.25) is 0 Å². The summed E-state index contributed by atoms with van der Waals surface area (Å²) in [6.07, 6.45) is 1.88. The van der Waals surface area contributed by atoms with E-state index >= 15 is 0 Å². The molecule has 1 rings (SSSR count). The Balaban J connectivity index is 2.42. The molecule has 1 aliphatic heterocycles. The average molecular weight is 215 g/mol. The lowest BCUT2D eigenvalue weighted by Crippen LogP contribution is -2.45. The number of nitrogens with zero attached hydrogens (tertiary/aromatic N) is 1. The Bertz CT molecular complexity index is 220. The molecule has 0 saturated carbocycles. The number of carboxylic acids is 1. The van der Waals surface area contributed by atoms with Crippen molar-refractivity contribution < 1.29 is 15.0 Å². The molecule has 0 radical (unpaired) electrons. The fourth-order valence-corrected chi connectivity index (χ4v) is 2.12. The molecule has 0 aliphatic carbocycles. The third kappa shape index (κ3) is 3.47. The Kier molecular flexibility index (Phi) is 4.54. The molecule has 1 saturated heterocycles. The average Bonchev–Trinajstić information content (AvgIpc) is 2.20. The van der Waals surface area contributed by atoms with Gasteiger partial charge in [0.15, 0.2) is 0 Å². The van der Waals surface area contributed by atoms with Crippen molar-refractivity contribution in [1.29, 1.82) is 0 Å². The molecule has 0 amide bonds. The second-order valence-corrected chi connectivity index (χ2v) is 4.47. The largest absolute Gasteiger partial charge is 0.481 e. The van der Waals surface area contributed by atoms with Gasteiger partial charge in [-0.15, -0.1) is 0 Å². The topological polar surface area (TPSA) is 60.8 Å². The highest BCUT2D eigenvalue weighted by atomic mass is 16.4. The van der Waals surface area contributed by atoms with Gasteiger partial charge in [-0.3, -0.25) is 9.69 Å². The SMILES string of the molecule is CCC(O)CN1CCC(C(=O)O)CC1C. The first-order valence-corrected chi connectivity index (χ1v) is 5.69. The van der Waals surface area contributed by atoms with Crippen molar-refractivity contribution in [3.8, 4) is 0 Å². The highest BCUT2D eigenvalue weighted by Gasteiger charge is 2.30. The number of hydrogen-bond donors (Lipinski definition) is 2. The molecule has 3 atom stereocenters. The van der Waals surface area contributed by atoms with E-state index in [2.05, 4.69) is 4.90 Å². The van der Waals surface area contributed by atoms with Crippen molar-refractivity contribution >= 4 is 5.97 Å². The Morgan fingerprint density at radius 2 is 2.27 bits per heavy atom. The van der Waals surface area contributed by atoms with Crippen molar-refractivity contribution in [2.75, 3.05) is 13.1 Å². The van der Waals surface area contributed by atoms with Crippen LogP contribution >= 0.6 is 0 Å². The van der Waals surface area contributed by atoms with Crippen LogP contribution in [0.1, 0.15) is 33.1 Å². The number of β-amino-alcohol motifs (C(OH)–C–C–N with tert-alkyl or cyclic N) is 1. The molecule has 0 aromatic rings. The lowest BCUT2D eigenvalue weighted by Gasteiger charge is -2.37. The standard InChI is InChI=1S/C11H21NO3/c1-3-10(13)7-12-5-4-9(11(14)15)6-8(12)2/h8-10,13H,3-7H2,1-2H3,(H,14,15). The van der Waals surface area contributed by atoms with Gasteiger partial charge in [-0.05, 0) is 32.7 Å². The molecular weight excluding hydrogens is 194 g/mol. The number of aliphatic hydroxyl groups is 1. The summed E-state index contributed by atoms with van der Waals surface area (Å²) in [7, 11) is 0. The third-order valence-corrected chi connectivity index (χ3v) is 3.28. The maximum Gasteiger partial charge on any atom is 0.306 e. The van der Waals surface area contributed by atoms with Crippen molar-refractivity contribution in [3.05, 3.63) is 0 Å². The zero-order chi connectivity index (χ0) is 11.4. The summed E-state index contributed by atoms with van der Waals surface area (Å²) in [6, 6.07) is 0.265. The van der Waals surface area contributed by atoms with Gasteiger partial charge in [-0.25, -0.2) is 0 Å². The Labute approximate surface area is 90.9 Å². The summed E-state index contributed by atoms with van der Waals surface area (Å²) < 4.78 is 0. The highest BCUT2D eigenvalue weighted by molar-refractivity contribution is 5.70. The van der Waals surface area contributed by atoms with Crippen LogP contribution in [0.25, 0.3) is 0 Å². The number of aliphatic carboxylic acids is 1. The number of hydrogen-bond acceptors (Lipinski definition) is 3. The quantitative estimate of drug-likeness (QED) is 0.732. The van der Waals surface area contributed by atoms with E-state index in [0.717, 1.165) is 13.0 Å². The summed E-state index contributed by atoms with van der Waals surface area (Å²) in [5.74, 6) is -0.882. The summed E-state index contributed by atoms with van der Waals surface area (Å²) >= 11 is 0. The van der Waals surface area contributed by atoms with Gasteiger partial charge < -0.3 is 10.2 Å². The number of aliphatic hydroxyl groups excluding tert-OH is 1. The summed E-state index contributed by atoms with van der Waals surface area (Å²) in [5.41, 5.74) is 0. The van der Waals surface area contributed by atoms with Crippen LogP contribution in [-0.4, -0.2) is 46.3 Å². The van der Waals surface area contributed by atoms with Crippen molar-refractivity contribution in [2.24, 2.45) is 5.92 Å². The lowest BCUT2D eigenvalue weighted by molar-refractivity contribution is -0.144. The number of rotatable bonds is 4. The zero-order valence-corrected chi connectivity index (χ0v) is 9.52. The smallest absolute Gasteiger partial charge is 0.306 e. The van der Waals surface area contributed by atoms with Gasteiger partial charge >= 0.3 is 5.97 Å². The van der Waals surface area contributed by atoms with E-state index in [1.165, 1.54) is 0 Å². The lowest BCUT2D eigenvalue weighted by atomic mass is 9.91. The van der Waals surface area contributed by atoms with Gasteiger partial charge in [0.05, 0.1) is 12.0 Å². The minimum atomic E-state index is -0.683. The van der Waals surface area contributed by atoms with Crippen LogP contribution in [0.4, 0.5) is 0 Å². The second-order valence-electron chi connectivity index (χ2n) is 4.47. The Hall–Kier alpha value is -0.610.